The number of nitrogens with zero attached hydrogens (tertiary/aromatic N) is 3. The molecule has 3 atom stereocenters. The lowest BCUT2D eigenvalue weighted by molar-refractivity contribution is -0.384. The SMILES string of the molecule is CC1C=CCC2C(=O)N(c3ccc(-c4cc(C(=O)OCC(=O)c5ccc(Cl)c([N+](=O)[O-])c5)c5cc(Cl)ccc5n4)cc3)C(=O)C12. The number of esters is 1. The predicted octanol–water partition coefficient (Wildman–Crippen LogP) is 6.86. The van der Waals surface area contributed by atoms with E-state index < -0.39 is 29.0 Å². The van der Waals surface area contributed by atoms with Gasteiger partial charge in [0, 0.05) is 27.6 Å². The second-order valence-corrected chi connectivity index (χ2v) is 11.7. The fraction of sp³-hybridized carbons (Fsp3) is 0.182. The summed E-state index contributed by atoms with van der Waals surface area (Å²) in [5.74, 6) is -2.72. The highest BCUT2D eigenvalue weighted by molar-refractivity contribution is 6.33. The summed E-state index contributed by atoms with van der Waals surface area (Å²) in [5.41, 5.74) is 1.48. The molecule has 45 heavy (non-hydrogen) atoms. The molecule has 3 unspecified atom stereocenters. The van der Waals surface area contributed by atoms with Gasteiger partial charge in [0.2, 0.25) is 17.6 Å². The topological polar surface area (TPSA) is 137 Å². The quantitative estimate of drug-likeness (QED) is 0.0532. The predicted molar refractivity (Wildman–Crippen MR) is 167 cm³/mol. The number of imide groups is 1. The van der Waals surface area contributed by atoms with E-state index in [9.17, 15) is 29.3 Å². The molecule has 0 bridgehead atoms. The summed E-state index contributed by atoms with van der Waals surface area (Å²) >= 11 is 12.0. The number of pyridine rings is 1. The highest BCUT2D eigenvalue weighted by Gasteiger charge is 2.50. The van der Waals surface area contributed by atoms with E-state index in [2.05, 4.69) is 4.98 Å². The van der Waals surface area contributed by atoms with Crippen molar-refractivity contribution in [1.29, 1.82) is 0 Å². The number of benzene rings is 3. The Balaban J connectivity index is 1.27. The number of aromatic nitrogens is 1. The van der Waals surface area contributed by atoms with E-state index in [1.165, 1.54) is 23.1 Å². The number of hydrogen-bond acceptors (Lipinski definition) is 8. The lowest BCUT2D eigenvalue weighted by atomic mass is 9.78. The smallest absolute Gasteiger partial charge is 0.339 e. The fourth-order valence-electron chi connectivity index (χ4n) is 5.82. The van der Waals surface area contributed by atoms with Crippen LogP contribution in [0, 0.1) is 27.9 Å². The minimum absolute atomic E-state index is 0.0297. The van der Waals surface area contributed by atoms with Gasteiger partial charge in [-0.05, 0) is 60.9 Å². The van der Waals surface area contributed by atoms with Crippen LogP contribution in [0.1, 0.15) is 34.1 Å². The Morgan fingerprint density at radius 2 is 1.78 bits per heavy atom. The number of hydrogen-bond donors (Lipinski definition) is 0. The van der Waals surface area contributed by atoms with Crippen LogP contribution in [0.2, 0.25) is 10.0 Å². The van der Waals surface area contributed by atoms with E-state index in [4.69, 9.17) is 27.9 Å². The van der Waals surface area contributed by atoms with Gasteiger partial charge >= 0.3 is 5.97 Å². The Bertz CT molecular complexity index is 1960. The number of ether oxygens (including phenoxy) is 1. The van der Waals surface area contributed by atoms with Crippen molar-refractivity contribution in [2.45, 2.75) is 13.3 Å². The van der Waals surface area contributed by atoms with Gasteiger partial charge in [-0.1, -0.05) is 54.4 Å². The van der Waals surface area contributed by atoms with E-state index in [0.717, 1.165) is 6.07 Å². The molecule has 1 saturated heterocycles. The molecule has 1 aliphatic carbocycles. The van der Waals surface area contributed by atoms with E-state index in [1.807, 2.05) is 19.1 Å². The van der Waals surface area contributed by atoms with E-state index in [-0.39, 0.29) is 45.7 Å². The summed E-state index contributed by atoms with van der Waals surface area (Å²) in [4.78, 5) is 68.8. The third-order valence-corrected chi connectivity index (χ3v) is 8.64. The number of nitro groups is 1. The number of anilines is 1. The molecule has 0 radical (unpaired) electrons. The summed E-state index contributed by atoms with van der Waals surface area (Å²) in [7, 11) is 0. The first kappa shape index (κ1) is 30.1. The van der Waals surface area contributed by atoms with Crippen molar-refractivity contribution >= 4 is 69.0 Å². The maximum atomic E-state index is 13.3. The van der Waals surface area contributed by atoms with Crippen LogP contribution in [-0.2, 0) is 14.3 Å². The Hall–Kier alpha value is -4.93. The average molecular weight is 644 g/mol. The molecule has 6 rings (SSSR count). The number of fused-ring (bicyclic) bond motifs is 2. The highest BCUT2D eigenvalue weighted by atomic mass is 35.5. The molecule has 0 spiro atoms. The van der Waals surface area contributed by atoms with E-state index in [1.54, 1.807) is 42.5 Å². The summed E-state index contributed by atoms with van der Waals surface area (Å²) in [6.07, 6.45) is 4.45. The Morgan fingerprint density at radius 3 is 2.49 bits per heavy atom. The molecule has 2 amide bonds. The maximum absolute atomic E-state index is 13.3. The molecule has 4 aromatic rings. The molecule has 226 valence electrons. The van der Waals surface area contributed by atoms with Crippen molar-refractivity contribution in [2.75, 3.05) is 11.5 Å². The Morgan fingerprint density at radius 1 is 1.02 bits per heavy atom. The zero-order valence-corrected chi connectivity index (χ0v) is 25.1. The van der Waals surface area contributed by atoms with Crippen LogP contribution in [-0.4, -0.2) is 40.1 Å². The minimum Gasteiger partial charge on any atom is -0.454 e. The number of ketones is 1. The van der Waals surface area contributed by atoms with Crippen molar-refractivity contribution in [1.82, 2.24) is 4.98 Å². The van der Waals surface area contributed by atoms with Crippen LogP contribution in [0.4, 0.5) is 11.4 Å². The number of Topliss-reactive ketones (excluding diaryl/α,β-unsaturated/α-hetero) is 1. The number of carbonyl (C=O) groups excluding carboxylic acids is 4. The van der Waals surface area contributed by atoms with Gasteiger partial charge in [-0.15, -0.1) is 0 Å². The normalized spacial score (nSPS) is 19.1. The number of allylic oxidation sites excluding steroid dienone is 2. The zero-order valence-electron chi connectivity index (χ0n) is 23.6. The lowest BCUT2D eigenvalue weighted by Gasteiger charge is -2.22. The standard InChI is InChI=1S/C33H23Cl2N3O7/c1-17-3-2-4-22-30(17)32(41)37(31(22)40)21-9-5-18(6-10-21)27-15-24(23-14-20(34)8-12-26(23)36-27)33(42)45-16-29(39)19-7-11-25(35)28(13-19)38(43)44/h2-3,5-15,17,22,30H,4,16H2,1H3. The molecule has 0 N–H and O–H groups in total. The minimum atomic E-state index is -0.835. The molecule has 1 aromatic heterocycles. The largest absolute Gasteiger partial charge is 0.454 e. The third-order valence-electron chi connectivity index (χ3n) is 8.08. The highest BCUT2D eigenvalue weighted by Crippen LogP contribution is 2.41. The van der Waals surface area contributed by atoms with Crippen LogP contribution >= 0.6 is 23.2 Å². The summed E-state index contributed by atoms with van der Waals surface area (Å²) in [5, 5.41) is 11.8. The first-order valence-corrected chi connectivity index (χ1v) is 14.7. The van der Waals surface area contributed by atoms with Gasteiger partial charge in [0.25, 0.3) is 5.69 Å². The van der Waals surface area contributed by atoms with Crippen molar-refractivity contribution in [3.8, 4) is 11.3 Å². The van der Waals surface area contributed by atoms with Crippen LogP contribution in [0.5, 0.6) is 0 Å². The van der Waals surface area contributed by atoms with Crippen molar-refractivity contribution < 1.29 is 28.8 Å². The molecule has 1 fully saturated rings. The average Bonchev–Trinajstić information content (AvgIpc) is 3.29. The van der Waals surface area contributed by atoms with E-state index >= 15 is 0 Å². The fourth-order valence-corrected chi connectivity index (χ4v) is 6.17. The van der Waals surface area contributed by atoms with Crippen LogP contribution in [0.25, 0.3) is 22.2 Å². The monoisotopic (exact) mass is 643 g/mol. The van der Waals surface area contributed by atoms with Gasteiger partial charge in [-0.2, -0.15) is 0 Å². The zero-order chi connectivity index (χ0) is 32.0. The van der Waals surface area contributed by atoms with Gasteiger partial charge in [0.1, 0.15) is 5.02 Å². The van der Waals surface area contributed by atoms with Gasteiger partial charge in [0.15, 0.2) is 6.61 Å². The summed E-state index contributed by atoms with van der Waals surface area (Å²) < 4.78 is 5.33. The molecule has 2 heterocycles. The first-order chi connectivity index (χ1) is 21.5. The van der Waals surface area contributed by atoms with Crippen molar-refractivity contribution in [3.63, 3.8) is 0 Å². The maximum Gasteiger partial charge on any atom is 0.339 e. The Labute approximate surface area is 266 Å². The number of nitro benzene ring substituents is 1. The molecule has 0 saturated carbocycles. The number of rotatable bonds is 7. The van der Waals surface area contributed by atoms with Gasteiger partial charge in [-0.25, -0.2) is 9.78 Å². The van der Waals surface area contributed by atoms with Crippen molar-refractivity contribution in [2.24, 2.45) is 17.8 Å². The number of halogens is 2. The molecule has 1 aliphatic heterocycles. The molecular weight excluding hydrogens is 621 g/mol. The number of amides is 2. The van der Waals surface area contributed by atoms with E-state index in [0.29, 0.717) is 39.3 Å². The summed E-state index contributed by atoms with van der Waals surface area (Å²) in [6.45, 7) is 1.26. The molecule has 2 aliphatic rings. The van der Waals surface area contributed by atoms with Crippen LogP contribution in [0.3, 0.4) is 0 Å². The Kier molecular flexibility index (Phi) is 7.94. The molecule has 3 aromatic carbocycles. The second-order valence-electron chi connectivity index (χ2n) is 10.9. The van der Waals surface area contributed by atoms with Crippen LogP contribution in [0.15, 0.2) is 78.9 Å². The first-order valence-electron chi connectivity index (χ1n) is 13.9. The van der Waals surface area contributed by atoms with Gasteiger partial charge < -0.3 is 4.74 Å². The summed E-state index contributed by atoms with van der Waals surface area (Å²) in [6, 6.07) is 16.6. The van der Waals surface area contributed by atoms with Gasteiger partial charge in [0.05, 0.1) is 39.2 Å². The van der Waals surface area contributed by atoms with Crippen molar-refractivity contribution in [3.05, 3.63) is 110 Å². The van der Waals surface area contributed by atoms with Gasteiger partial charge in [-0.3, -0.25) is 29.4 Å². The molecular formula is C33H23Cl2N3O7. The lowest BCUT2D eigenvalue weighted by Crippen LogP contribution is -2.31. The molecule has 12 heteroatoms. The number of carbonyl (C=O) groups is 4. The van der Waals surface area contributed by atoms with Crippen LogP contribution < -0.4 is 4.90 Å². The third kappa shape index (κ3) is 5.58. The molecule has 10 nitrogen and oxygen atoms in total. The second kappa shape index (κ2) is 11.9.